The molecule has 1 heterocycles. The summed E-state index contributed by atoms with van der Waals surface area (Å²) in [7, 11) is 0. The predicted octanol–water partition coefficient (Wildman–Crippen LogP) is 1.40. The van der Waals surface area contributed by atoms with Crippen molar-refractivity contribution in [3.05, 3.63) is 34.5 Å². The van der Waals surface area contributed by atoms with Crippen LogP contribution in [0.3, 0.4) is 0 Å². The molecule has 0 atom stereocenters. The Hall–Kier alpha value is -1.12. The molecule has 0 spiro atoms. The first kappa shape index (κ1) is 7.53. The molecule has 0 bridgehead atoms. The molecule has 0 radical (unpaired) electrons. The van der Waals surface area contributed by atoms with Crippen molar-refractivity contribution < 1.29 is 4.39 Å². The third-order valence-corrected chi connectivity index (χ3v) is 2.10. The second-order valence-corrected chi connectivity index (χ2v) is 3.28. The van der Waals surface area contributed by atoms with E-state index in [0.29, 0.717) is 12.5 Å². The lowest BCUT2D eigenvalue weighted by Gasteiger charge is -2.02. The minimum absolute atomic E-state index is 0.108. The molecule has 1 fully saturated rings. The van der Waals surface area contributed by atoms with Crippen LogP contribution in [-0.2, 0) is 6.54 Å². The lowest BCUT2D eigenvalue weighted by Crippen LogP contribution is -2.19. The molecule has 12 heavy (non-hydrogen) atoms. The smallest absolute Gasteiger partial charge is 0.250 e. The second kappa shape index (κ2) is 2.73. The zero-order chi connectivity index (χ0) is 8.55. The number of hydrogen-bond acceptors (Lipinski definition) is 1. The Kier molecular flexibility index (Phi) is 1.71. The van der Waals surface area contributed by atoms with Crippen molar-refractivity contribution in [2.75, 3.05) is 0 Å². The van der Waals surface area contributed by atoms with Gasteiger partial charge in [0.25, 0.3) is 5.56 Å². The maximum absolute atomic E-state index is 12.7. The van der Waals surface area contributed by atoms with Gasteiger partial charge in [-0.1, -0.05) is 0 Å². The summed E-state index contributed by atoms with van der Waals surface area (Å²) in [5.74, 6) is 0.264. The van der Waals surface area contributed by atoms with Gasteiger partial charge in [0.1, 0.15) is 5.82 Å². The maximum Gasteiger partial charge on any atom is 0.250 e. The van der Waals surface area contributed by atoms with E-state index in [1.807, 2.05) is 0 Å². The summed E-state index contributed by atoms with van der Waals surface area (Å²) in [6, 6.07) is 2.48. The van der Waals surface area contributed by atoms with Crippen molar-refractivity contribution in [3.63, 3.8) is 0 Å². The number of aromatic nitrogens is 1. The number of hydrogen-bond donors (Lipinski definition) is 0. The average molecular weight is 167 g/mol. The number of rotatable bonds is 2. The molecule has 0 N–H and O–H groups in total. The van der Waals surface area contributed by atoms with Gasteiger partial charge < -0.3 is 4.57 Å². The minimum Gasteiger partial charge on any atom is -0.312 e. The normalized spacial score (nSPS) is 16.4. The number of halogens is 1. The molecular formula is C9H10FNO. The zero-order valence-corrected chi connectivity index (χ0v) is 6.66. The van der Waals surface area contributed by atoms with Crippen LogP contribution < -0.4 is 5.56 Å². The third kappa shape index (κ3) is 1.55. The molecule has 0 saturated heterocycles. The van der Waals surface area contributed by atoms with Gasteiger partial charge in [0, 0.05) is 18.8 Å². The van der Waals surface area contributed by atoms with E-state index in [1.165, 1.54) is 35.7 Å². The van der Waals surface area contributed by atoms with Crippen LogP contribution in [-0.4, -0.2) is 4.57 Å². The van der Waals surface area contributed by atoms with Crippen LogP contribution in [0.15, 0.2) is 23.1 Å². The predicted molar refractivity (Wildman–Crippen MR) is 43.4 cm³/mol. The highest BCUT2D eigenvalue weighted by Gasteiger charge is 2.21. The number of pyridine rings is 1. The minimum atomic E-state index is -0.338. The van der Waals surface area contributed by atoms with Gasteiger partial charge in [-0.25, -0.2) is 4.39 Å². The van der Waals surface area contributed by atoms with Gasteiger partial charge in [-0.15, -0.1) is 0 Å². The van der Waals surface area contributed by atoms with Crippen molar-refractivity contribution in [3.8, 4) is 0 Å². The molecule has 1 aromatic rings. The first-order chi connectivity index (χ1) is 5.75. The highest BCUT2D eigenvalue weighted by atomic mass is 19.1. The molecule has 3 heteroatoms. The standard InChI is InChI=1S/C9H10FNO/c10-8-3-4-9(12)11(6-8)5-7-1-2-7/h3-4,6-7H,1-2,5H2. The van der Waals surface area contributed by atoms with Crippen LogP contribution in [0, 0.1) is 11.7 Å². The fraction of sp³-hybridized carbons (Fsp3) is 0.444. The molecule has 1 aromatic heterocycles. The summed E-state index contributed by atoms with van der Waals surface area (Å²) in [5, 5.41) is 0. The monoisotopic (exact) mass is 167 g/mol. The van der Waals surface area contributed by atoms with E-state index in [-0.39, 0.29) is 11.4 Å². The molecule has 0 aliphatic heterocycles. The van der Waals surface area contributed by atoms with E-state index < -0.39 is 0 Å². The van der Waals surface area contributed by atoms with Gasteiger partial charge in [0.15, 0.2) is 0 Å². The van der Waals surface area contributed by atoms with Crippen molar-refractivity contribution >= 4 is 0 Å². The lowest BCUT2D eigenvalue weighted by atomic mass is 10.4. The molecule has 0 unspecified atom stereocenters. The Balaban J connectivity index is 2.27. The fourth-order valence-corrected chi connectivity index (χ4v) is 1.22. The Morgan fingerprint density at radius 1 is 1.50 bits per heavy atom. The quantitative estimate of drug-likeness (QED) is 0.652. The van der Waals surface area contributed by atoms with Crippen LogP contribution >= 0.6 is 0 Å². The summed E-state index contributed by atoms with van der Waals surface area (Å²) in [4.78, 5) is 11.1. The topological polar surface area (TPSA) is 22.0 Å². The van der Waals surface area contributed by atoms with Gasteiger partial charge in [0.2, 0.25) is 0 Å². The van der Waals surface area contributed by atoms with E-state index in [2.05, 4.69) is 0 Å². The molecule has 0 aromatic carbocycles. The zero-order valence-electron chi connectivity index (χ0n) is 6.66. The number of nitrogens with zero attached hydrogens (tertiary/aromatic N) is 1. The maximum atomic E-state index is 12.7. The summed E-state index contributed by atoms with van der Waals surface area (Å²) < 4.78 is 14.1. The molecular weight excluding hydrogens is 157 g/mol. The van der Waals surface area contributed by atoms with Crippen molar-refractivity contribution in [1.29, 1.82) is 0 Å². The summed E-state index contributed by atoms with van der Waals surface area (Å²) in [6.07, 6.45) is 3.62. The Bertz CT molecular complexity index is 341. The van der Waals surface area contributed by atoms with Gasteiger partial charge in [-0.2, -0.15) is 0 Å². The van der Waals surface area contributed by atoms with E-state index in [0.717, 1.165) is 0 Å². The molecule has 1 aliphatic carbocycles. The highest BCUT2D eigenvalue weighted by Crippen LogP contribution is 2.29. The van der Waals surface area contributed by atoms with E-state index >= 15 is 0 Å². The summed E-state index contributed by atoms with van der Waals surface area (Å²) in [5.41, 5.74) is -0.108. The van der Waals surface area contributed by atoms with Crippen LogP contribution in [0.25, 0.3) is 0 Å². The van der Waals surface area contributed by atoms with Gasteiger partial charge >= 0.3 is 0 Å². The van der Waals surface area contributed by atoms with E-state index in [4.69, 9.17) is 0 Å². The van der Waals surface area contributed by atoms with Crippen LogP contribution in [0.4, 0.5) is 4.39 Å². The Morgan fingerprint density at radius 3 is 2.92 bits per heavy atom. The first-order valence-corrected chi connectivity index (χ1v) is 4.12. The molecule has 2 nitrogen and oxygen atoms in total. The SMILES string of the molecule is O=c1ccc(F)cn1CC1CC1. The largest absolute Gasteiger partial charge is 0.312 e. The van der Waals surface area contributed by atoms with E-state index in [9.17, 15) is 9.18 Å². The van der Waals surface area contributed by atoms with Crippen LogP contribution in [0.5, 0.6) is 0 Å². The fourth-order valence-electron chi connectivity index (χ4n) is 1.22. The van der Waals surface area contributed by atoms with Crippen LogP contribution in [0.2, 0.25) is 0 Å². The van der Waals surface area contributed by atoms with E-state index in [1.54, 1.807) is 0 Å². The lowest BCUT2D eigenvalue weighted by molar-refractivity contribution is 0.556. The molecule has 2 rings (SSSR count). The molecule has 0 amide bonds. The van der Waals surface area contributed by atoms with Gasteiger partial charge in [0.05, 0.1) is 0 Å². The Labute approximate surface area is 69.6 Å². The third-order valence-electron chi connectivity index (χ3n) is 2.10. The summed E-state index contributed by atoms with van der Waals surface area (Å²) in [6.45, 7) is 0.677. The van der Waals surface area contributed by atoms with Crippen molar-refractivity contribution in [2.24, 2.45) is 5.92 Å². The highest BCUT2D eigenvalue weighted by molar-refractivity contribution is 4.97. The molecule has 1 aliphatic rings. The van der Waals surface area contributed by atoms with Crippen LogP contribution in [0.1, 0.15) is 12.8 Å². The second-order valence-electron chi connectivity index (χ2n) is 3.28. The Morgan fingerprint density at radius 2 is 2.25 bits per heavy atom. The first-order valence-electron chi connectivity index (χ1n) is 4.12. The van der Waals surface area contributed by atoms with Gasteiger partial charge in [-0.05, 0) is 24.8 Å². The average Bonchev–Trinajstić information content (AvgIpc) is 2.81. The summed E-state index contributed by atoms with van der Waals surface area (Å²) >= 11 is 0. The van der Waals surface area contributed by atoms with Crippen molar-refractivity contribution in [2.45, 2.75) is 19.4 Å². The molecule has 1 saturated carbocycles. The van der Waals surface area contributed by atoms with Crippen molar-refractivity contribution in [1.82, 2.24) is 4.57 Å². The van der Waals surface area contributed by atoms with Gasteiger partial charge in [-0.3, -0.25) is 4.79 Å². The molecule has 64 valence electrons.